The van der Waals surface area contributed by atoms with E-state index in [1.54, 1.807) is 0 Å². The molecule has 0 aromatic carbocycles. The average Bonchev–Trinajstić information content (AvgIpc) is 2.38. The van der Waals surface area contributed by atoms with Gasteiger partial charge in [0.05, 0.1) is 5.54 Å². The molecule has 1 amide bonds. The number of hydrogen-bond acceptors (Lipinski definition) is 3. The Hall–Kier alpha value is -0.610. The van der Waals surface area contributed by atoms with Crippen LogP contribution in [0.3, 0.4) is 0 Å². The normalized spacial score (nSPS) is 36.2. The Bertz CT molecular complexity index is 345. The Morgan fingerprint density at radius 3 is 2.65 bits per heavy atom. The molecule has 0 aromatic rings. The fourth-order valence-electron chi connectivity index (χ4n) is 4.17. The minimum absolute atomic E-state index is 0.166. The molecule has 0 spiro atoms. The highest BCUT2D eigenvalue weighted by molar-refractivity contribution is 5.85. The number of hydrogen-bond donors (Lipinski definition) is 2. The molecule has 1 aliphatic heterocycles. The lowest BCUT2D eigenvalue weighted by molar-refractivity contribution is -0.127. The van der Waals surface area contributed by atoms with Crippen molar-refractivity contribution in [2.24, 2.45) is 5.73 Å². The number of primary amides is 1. The molecule has 3 N–H and O–H groups in total. The number of nitrogens with zero attached hydrogens (tertiary/aromatic N) is 1. The Balaban J connectivity index is 2.10. The highest BCUT2D eigenvalue weighted by Gasteiger charge is 2.43. The molecule has 4 nitrogen and oxygen atoms in total. The van der Waals surface area contributed by atoms with Gasteiger partial charge < -0.3 is 11.1 Å². The molecule has 2 rings (SSSR count). The van der Waals surface area contributed by atoms with Gasteiger partial charge >= 0.3 is 0 Å². The van der Waals surface area contributed by atoms with Crippen LogP contribution in [0, 0.1) is 0 Å². The predicted octanol–water partition coefficient (Wildman–Crippen LogP) is 2.03. The maximum Gasteiger partial charge on any atom is 0.237 e. The van der Waals surface area contributed by atoms with E-state index in [0.29, 0.717) is 18.1 Å². The summed E-state index contributed by atoms with van der Waals surface area (Å²) in [4.78, 5) is 14.7. The number of nitrogens with one attached hydrogen (secondary N) is 1. The molecule has 4 heteroatoms. The number of rotatable bonds is 4. The molecular formula is C16H31N3O. The molecule has 3 atom stereocenters. The Labute approximate surface area is 123 Å². The van der Waals surface area contributed by atoms with Crippen LogP contribution in [-0.2, 0) is 4.79 Å². The smallest absolute Gasteiger partial charge is 0.237 e. The zero-order valence-electron chi connectivity index (χ0n) is 13.3. The van der Waals surface area contributed by atoms with Crippen molar-refractivity contribution < 1.29 is 4.79 Å². The lowest BCUT2D eigenvalue weighted by Gasteiger charge is -2.47. The summed E-state index contributed by atoms with van der Waals surface area (Å²) < 4.78 is 0. The Morgan fingerprint density at radius 2 is 2.05 bits per heavy atom. The van der Waals surface area contributed by atoms with Gasteiger partial charge in [0.15, 0.2) is 0 Å². The SMILES string of the molecule is CC(C)NC1(C(N)=O)CCCC(N2CCCCC2C)C1. The highest BCUT2D eigenvalue weighted by Crippen LogP contribution is 2.34. The number of likely N-dealkylation sites (tertiary alicyclic amines) is 1. The predicted molar refractivity (Wildman–Crippen MR) is 82.5 cm³/mol. The van der Waals surface area contributed by atoms with Crippen molar-refractivity contribution in [3.05, 3.63) is 0 Å². The van der Waals surface area contributed by atoms with Crippen LogP contribution in [0.15, 0.2) is 0 Å². The van der Waals surface area contributed by atoms with Gasteiger partial charge in [-0.05, 0) is 65.8 Å². The summed E-state index contributed by atoms with van der Waals surface area (Å²) in [5.41, 5.74) is 5.27. The van der Waals surface area contributed by atoms with Crippen molar-refractivity contribution in [2.45, 2.75) is 89.4 Å². The van der Waals surface area contributed by atoms with Crippen molar-refractivity contribution in [3.63, 3.8) is 0 Å². The van der Waals surface area contributed by atoms with Gasteiger partial charge in [0, 0.05) is 18.1 Å². The lowest BCUT2D eigenvalue weighted by Crippen LogP contribution is -2.63. The molecule has 1 saturated heterocycles. The first-order chi connectivity index (χ1) is 9.44. The third kappa shape index (κ3) is 3.34. The van der Waals surface area contributed by atoms with Crippen LogP contribution in [0.2, 0.25) is 0 Å². The molecule has 1 saturated carbocycles. The molecule has 20 heavy (non-hydrogen) atoms. The molecule has 1 heterocycles. The number of piperidine rings is 1. The molecule has 116 valence electrons. The van der Waals surface area contributed by atoms with E-state index in [-0.39, 0.29) is 5.91 Å². The minimum Gasteiger partial charge on any atom is -0.368 e. The monoisotopic (exact) mass is 281 g/mol. The first-order valence-corrected chi connectivity index (χ1v) is 8.28. The number of carbonyl (C=O) groups excluding carboxylic acids is 1. The van der Waals surface area contributed by atoms with Crippen LogP contribution in [0.25, 0.3) is 0 Å². The fraction of sp³-hybridized carbons (Fsp3) is 0.938. The zero-order chi connectivity index (χ0) is 14.8. The highest BCUT2D eigenvalue weighted by atomic mass is 16.1. The van der Waals surface area contributed by atoms with Crippen LogP contribution in [0.1, 0.15) is 65.7 Å². The largest absolute Gasteiger partial charge is 0.368 e. The van der Waals surface area contributed by atoms with Crippen molar-refractivity contribution in [3.8, 4) is 0 Å². The zero-order valence-corrected chi connectivity index (χ0v) is 13.3. The minimum atomic E-state index is -0.492. The molecular weight excluding hydrogens is 250 g/mol. The molecule has 2 aliphatic rings. The Morgan fingerprint density at radius 1 is 1.30 bits per heavy atom. The third-order valence-electron chi connectivity index (χ3n) is 5.09. The van der Waals surface area contributed by atoms with Gasteiger partial charge in [0.25, 0.3) is 0 Å². The third-order valence-corrected chi connectivity index (χ3v) is 5.09. The summed E-state index contributed by atoms with van der Waals surface area (Å²) in [5.74, 6) is -0.166. The molecule has 3 unspecified atom stereocenters. The molecule has 2 fully saturated rings. The maximum absolute atomic E-state index is 12.1. The van der Waals surface area contributed by atoms with Crippen molar-refractivity contribution >= 4 is 5.91 Å². The van der Waals surface area contributed by atoms with Gasteiger partial charge in [-0.1, -0.05) is 6.42 Å². The maximum atomic E-state index is 12.1. The standard InChI is InChI=1S/C16H31N3O/c1-12(2)18-16(15(17)20)9-6-8-14(11-16)19-10-5-4-7-13(19)3/h12-14,18H,4-11H2,1-3H3,(H2,17,20). The second kappa shape index (κ2) is 6.44. The first-order valence-electron chi connectivity index (χ1n) is 8.28. The number of carbonyl (C=O) groups is 1. The van der Waals surface area contributed by atoms with Crippen molar-refractivity contribution in [1.29, 1.82) is 0 Å². The molecule has 0 aromatic heterocycles. The average molecular weight is 281 g/mol. The number of amides is 1. The second-order valence-corrected chi connectivity index (χ2v) is 7.08. The van der Waals surface area contributed by atoms with Crippen molar-refractivity contribution in [2.75, 3.05) is 6.54 Å². The van der Waals surface area contributed by atoms with Gasteiger partial charge in [-0.3, -0.25) is 9.69 Å². The summed E-state index contributed by atoms with van der Waals surface area (Å²) in [6.07, 6.45) is 8.00. The summed E-state index contributed by atoms with van der Waals surface area (Å²) >= 11 is 0. The first kappa shape index (κ1) is 15.8. The molecule has 0 radical (unpaired) electrons. The van der Waals surface area contributed by atoms with E-state index in [2.05, 4.69) is 31.0 Å². The Kier molecular flexibility index (Phi) is 5.08. The molecule has 0 bridgehead atoms. The van der Waals surface area contributed by atoms with Gasteiger partial charge in [-0.15, -0.1) is 0 Å². The van der Waals surface area contributed by atoms with E-state index in [1.807, 2.05) is 0 Å². The quantitative estimate of drug-likeness (QED) is 0.829. The van der Waals surface area contributed by atoms with Crippen molar-refractivity contribution in [1.82, 2.24) is 10.2 Å². The van der Waals surface area contributed by atoms with E-state index in [9.17, 15) is 4.79 Å². The van der Waals surface area contributed by atoms with Gasteiger partial charge in [-0.2, -0.15) is 0 Å². The van der Waals surface area contributed by atoms with Crippen LogP contribution in [0.4, 0.5) is 0 Å². The fourth-order valence-corrected chi connectivity index (χ4v) is 4.17. The van der Waals surface area contributed by atoms with Crippen LogP contribution in [-0.4, -0.2) is 41.0 Å². The lowest BCUT2D eigenvalue weighted by atomic mass is 9.76. The molecule has 1 aliphatic carbocycles. The van der Waals surface area contributed by atoms with Crippen LogP contribution in [0.5, 0.6) is 0 Å². The van der Waals surface area contributed by atoms with Gasteiger partial charge in [0.2, 0.25) is 5.91 Å². The van der Waals surface area contributed by atoms with E-state index in [4.69, 9.17) is 5.73 Å². The van der Waals surface area contributed by atoms with Gasteiger partial charge in [-0.25, -0.2) is 0 Å². The summed E-state index contributed by atoms with van der Waals surface area (Å²) in [5, 5.41) is 3.48. The summed E-state index contributed by atoms with van der Waals surface area (Å²) in [6, 6.07) is 1.45. The number of nitrogens with two attached hydrogens (primary N) is 1. The summed E-state index contributed by atoms with van der Waals surface area (Å²) in [6.45, 7) is 7.70. The second-order valence-electron chi connectivity index (χ2n) is 7.08. The summed E-state index contributed by atoms with van der Waals surface area (Å²) in [7, 11) is 0. The van der Waals surface area contributed by atoms with E-state index < -0.39 is 5.54 Å². The van der Waals surface area contributed by atoms with Crippen LogP contribution < -0.4 is 11.1 Å². The van der Waals surface area contributed by atoms with E-state index >= 15 is 0 Å². The topological polar surface area (TPSA) is 58.4 Å². The van der Waals surface area contributed by atoms with Crippen LogP contribution >= 0.6 is 0 Å². The van der Waals surface area contributed by atoms with E-state index in [0.717, 1.165) is 19.3 Å². The van der Waals surface area contributed by atoms with Gasteiger partial charge in [0.1, 0.15) is 0 Å². The van der Waals surface area contributed by atoms with E-state index in [1.165, 1.54) is 32.2 Å².